The van der Waals surface area contributed by atoms with Gasteiger partial charge in [-0.1, -0.05) is 27.7 Å². The quantitative estimate of drug-likeness (QED) is 0.0710. The van der Waals surface area contributed by atoms with E-state index in [-0.39, 0.29) is 58.0 Å². The van der Waals surface area contributed by atoms with Crippen LogP contribution in [0.15, 0.2) is 66.5 Å². The number of hydrogen-bond acceptors (Lipinski definition) is 3. The van der Waals surface area contributed by atoms with Gasteiger partial charge in [-0.2, -0.15) is 0 Å². The molecular weight excluding hydrogens is 774 g/mol. The molecule has 0 saturated carbocycles. The predicted octanol–water partition coefficient (Wildman–Crippen LogP) is 10.1. The Balaban J connectivity index is 0.000000363. The predicted molar refractivity (Wildman–Crippen MR) is 180 cm³/mol. The van der Waals surface area contributed by atoms with Crippen LogP contribution in [0, 0.1) is 37.7 Å². The minimum absolute atomic E-state index is 0. The molecule has 0 spiro atoms. The van der Waals surface area contributed by atoms with Crippen LogP contribution >= 0.6 is 0 Å². The number of aromatic nitrogens is 1. The van der Waals surface area contributed by atoms with Crippen LogP contribution in [-0.2, 0) is 31.3 Å². The smallest absolute Gasteiger partial charge is 0 e. The molecule has 4 aromatic rings. The third kappa shape index (κ3) is 10.7. The van der Waals surface area contributed by atoms with Crippen molar-refractivity contribution < 1.29 is 31.4 Å². The first kappa shape index (κ1) is 35.2. The van der Waals surface area contributed by atoms with E-state index in [0.717, 1.165) is 54.5 Å². The molecule has 0 aliphatic carbocycles. The Kier molecular flexibility index (Phi) is 14.6. The first-order chi connectivity index (χ1) is 20.5. The zero-order valence-electron chi connectivity index (χ0n) is 28.0. The molecule has 0 fully saturated rings. The molecule has 43 heavy (non-hydrogen) atoms. The number of aliphatic hydroxyl groups excluding tert-OH is 1. The van der Waals surface area contributed by atoms with Crippen molar-refractivity contribution in [1.82, 2.24) is 4.98 Å². The molecule has 0 bridgehead atoms. The van der Waals surface area contributed by atoms with Gasteiger partial charge in [0.25, 0.3) is 0 Å². The normalized spacial score (nSPS) is 11.9. The van der Waals surface area contributed by atoms with Crippen molar-refractivity contribution >= 4 is 29.9 Å². The molecule has 0 unspecified atom stereocenters. The number of ketones is 1. The van der Waals surface area contributed by atoms with E-state index >= 15 is 0 Å². The Morgan fingerprint density at radius 3 is 2.26 bits per heavy atom. The Bertz CT molecular complexity index is 1530. The first-order valence-electron chi connectivity index (χ1n) is 15.9. The maximum Gasteiger partial charge on any atom is 0 e. The molecule has 0 aliphatic heterocycles. The van der Waals surface area contributed by atoms with Gasteiger partial charge in [0.1, 0.15) is 0 Å². The van der Waals surface area contributed by atoms with Crippen LogP contribution in [-0.4, -0.2) is 30.4 Å². The number of allylic oxidation sites excluding steroid dienone is 2. The molecule has 3 nitrogen and oxygen atoms in total. The van der Waals surface area contributed by atoms with Crippen LogP contribution in [0.25, 0.3) is 30.9 Å². The summed E-state index contributed by atoms with van der Waals surface area (Å²) in [6.07, 6.45) is 6.34. The van der Waals surface area contributed by atoms with Gasteiger partial charge in [0.15, 0.2) is 5.78 Å². The van der Waals surface area contributed by atoms with Crippen molar-refractivity contribution in [2.24, 2.45) is 17.8 Å². The van der Waals surface area contributed by atoms with Gasteiger partial charge in [-0.05, 0) is 25.7 Å². The molecule has 2 aromatic heterocycles. The number of rotatable bonds is 11. The summed E-state index contributed by atoms with van der Waals surface area (Å²) in [4.78, 5) is 16.2. The number of aliphatic hydroxyl groups is 1. The maximum absolute atomic E-state index is 11.7. The second-order valence-electron chi connectivity index (χ2n) is 11.7. The van der Waals surface area contributed by atoms with Crippen LogP contribution in [0.5, 0.6) is 0 Å². The number of pyridine rings is 1. The van der Waals surface area contributed by atoms with E-state index in [2.05, 4.69) is 81.2 Å². The molecule has 0 aliphatic rings. The van der Waals surface area contributed by atoms with E-state index in [1.165, 1.54) is 31.3 Å². The van der Waals surface area contributed by atoms with Gasteiger partial charge >= 0.3 is 169 Å². The summed E-state index contributed by atoms with van der Waals surface area (Å²) in [6, 6.07) is 20.8. The van der Waals surface area contributed by atoms with Gasteiger partial charge in [-0.3, -0.25) is 4.79 Å². The number of carbonyl (C=O) groups is 1. The van der Waals surface area contributed by atoms with Crippen molar-refractivity contribution in [3.05, 3.63) is 89.3 Å². The van der Waals surface area contributed by atoms with E-state index in [0.29, 0.717) is 12.1 Å². The van der Waals surface area contributed by atoms with Crippen molar-refractivity contribution in [1.29, 1.82) is 0 Å². The standard InChI is InChI=1S/C25H24NSe.C13H24O2.Ir/c1-16(2)9-19-5-6-20-15-25(27-24(20)13-19)21-7-8-26-23(14-21)22-11-17(3)10-18(4)12-22;1-5-10(6-2)12(14)9-13(15)11(7-3)8-4;/h5-8,10-11,13-16H,9H2,1-4H3;9-11,14H,5-8H2,1-4H3;/q-1;;/b;12-9-;/i8D;;. The Morgan fingerprint density at radius 2 is 1.65 bits per heavy atom. The zero-order valence-corrected chi connectivity index (χ0v) is 31.1. The number of nitrogens with zero attached hydrogens (tertiary/aromatic N) is 1. The summed E-state index contributed by atoms with van der Waals surface area (Å²) in [5.74, 6) is 1.22. The average molecular weight is 823 g/mol. The first-order valence-corrected chi connectivity index (χ1v) is 17.2. The summed E-state index contributed by atoms with van der Waals surface area (Å²) in [7, 11) is 0. The zero-order chi connectivity index (χ0) is 31.7. The number of hydrogen-bond donors (Lipinski definition) is 1. The van der Waals surface area contributed by atoms with Crippen LogP contribution in [0.2, 0.25) is 0 Å². The Labute approximate surface area is 280 Å². The maximum atomic E-state index is 11.7. The van der Waals surface area contributed by atoms with E-state index in [1.54, 1.807) is 0 Å². The summed E-state index contributed by atoms with van der Waals surface area (Å²) < 4.78 is 11.0. The van der Waals surface area contributed by atoms with Crippen molar-refractivity contribution in [2.75, 3.05) is 0 Å². The summed E-state index contributed by atoms with van der Waals surface area (Å²) in [5, 5.41) is 11.1. The monoisotopic (exact) mass is 824 g/mol. The average Bonchev–Trinajstić information content (AvgIpc) is 3.37. The Hall–Kier alpha value is -2.29. The molecule has 1 N–H and O–H groups in total. The fourth-order valence-corrected chi connectivity index (χ4v) is 7.64. The number of carbonyl (C=O) groups excluding carboxylic acids is 1. The molecule has 1 radical (unpaired) electrons. The molecular formula is C38H48IrNO2Se-. The Morgan fingerprint density at radius 1 is 0.977 bits per heavy atom. The van der Waals surface area contributed by atoms with Gasteiger partial charge in [-0.25, -0.2) is 0 Å². The molecule has 0 saturated heterocycles. The third-order valence-electron chi connectivity index (χ3n) is 7.72. The van der Waals surface area contributed by atoms with Crippen molar-refractivity contribution in [3.8, 4) is 21.3 Å². The fraction of sp³-hybridized carbons (Fsp3) is 0.421. The minimum atomic E-state index is 0. The van der Waals surface area contributed by atoms with Gasteiger partial charge in [-0.15, -0.1) is 0 Å². The molecule has 4 rings (SSSR count). The van der Waals surface area contributed by atoms with E-state index < -0.39 is 0 Å². The van der Waals surface area contributed by atoms with Crippen LogP contribution in [0.3, 0.4) is 0 Å². The largest absolute Gasteiger partial charge is 0 e. The minimum Gasteiger partial charge on any atom is 0 e. The molecule has 2 aromatic carbocycles. The third-order valence-corrected chi connectivity index (χ3v) is 10.1. The number of fused-ring (bicyclic) bond motifs is 1. The van der Waals surface area contributed by atoms with Gasteiger partial charge in [0.2, 0.25) is 0 Å². The molecule has 0 atom stereocenters. The van der Waals surface area contributed by atoms with Crippen LogP contribution in [0.1, 0.15) is 85.3 Å². The van der Waals surface area contributed by atoms with E-state index in [9.17, 15) is 9.90 Å². The summed E-state index contributed by atoms with van der Waals surface area (Å²) >= 11 is 0.264. The van der Waals surface area contributed by atoms with Gasteiger partial charge in [0, 0.05) is 38.0 Å². The topological polar surface area (TPSA) is 50.2 Å². The SMILES string of the molecule is CCC(CC)C(=O)/C=C(\O)C(CC)CC.[2H]c1cc(-c2cc3ccc(CC(C)C)cc3[se]2)cc(-c2[c-]c(C)cc(C)c2)n1.[Ir]. The summed E-state index contributed by atoms with van der Waals surface area (Å²) in [5.41, 5.74) is 6.64. The van der Waals surface area contributed by atoms with E-state index in [4.69, 9.17) is 1.37 Å². The van der Waals surface area contributed by atoms with Gasteiger partial charge < -0.3 is 5.11 Å². The van der Waals surface area contributed by atoms with Crippen molar-refractivity contribution in [2.45, 2.75) is 87.5 Å². The van der Waals surface area contributed by atoms with Crippen molar-refractivity contribution in [3.63, 3.8) is 0 Å². The second kappa shape index (κ2) is 17.9. The second-order valence-corrected chi connectivity index (χ2v) is 14.0. The molecule has 0 amide bonds. The van der Waals surface area contributed by atoms with Crippen LogP contribution in [0.4, 0.5) is 0 Å². The number of benzene rings is 2. The molecule has 5 heteroatoms. The molecule has 2 heterocycles. The number of aryl methyl sites for hydroxylation is 2. The summed E-state index contributed by atoms with van der Waals surface area (Å²) in [6.45, 7) is 16.7. The fourth-order valence-electron chi connectivity index (χ4n) is 5.30. The van der Waals surface area contributed by atoms with Crippen LogP contribution < -0.4 is 0 Å². The molecule has 233 valence electrons. The van der Waals surface area contributed by atoms with Gasteiger partial charge in [0.05, 0.1) is 5.76 Å². The van der Waals surface area contributed by atoms with E-state index in [1.807, 2.05) is 33.8 Å².